The van der Waals surface area contributed by atoms with Crippen LogP contribution in [0.25, 0.3) is 66.1 Å². The molecule has 0 aliphatic heterocycles. The zero-order chi connectivity index (χ0) is 56.0. The van der Waals surface area contributed by atoms with Crippen molar-refractivity contribution in [1.82, 2.24) is 9.13 Å². The topological polar surface area (TPSA) is 16.3 Å². The normalized spacial score (nSPS) is 11.6. The maximum atomic E-state index is 14.8. The van der Waals surface area contributed by atoms with E-state index < -0.39 is 13.3 Å². The number of fused-ring (bicyclic) bond motifs is 6. The Kier molecular flexibility index (Phi) is 12.9. The number of hydrogen-bond donors (Lipinski definition) is 0. The van der Waals surface area contributed by atoms with Gasteiger partial charge in [-0.3, -0.25) is 0 Å². The van der Waals surface area contributed by atoms with E-state index in [-0.39, 0.29) is 5.82 Å². The van der Waals surface area contributed by atoms with Gasteiger partial charge in [-0.25, -0.2) is 4.39 Å². The van der Waals surface area contributed by atoms with Gasteiger partial charge in [0.2, 0.25) is 0 Å². The summed E-state index contributed by atoms with van der Waals surface area (Å²) in [6.45, 7) is 0. The molecular formula is C78H55FGeN4. The van der Waals surface area contributed by atoms with Gasteiger partial charge in [-0.15, -0.1) is 0 Å². The van der Waals surface area contributed by atoms with Crippen LogP contribution in [0.3, 0.4) is 0 Å². The Morgan fingerprint density at radius 3 is 1.07 bits per heavy atom. The van der Waals surface area contributed by atoms with Gasteiger partial charge in [0.25, 0.3) is 0 Å². The standard InChI is InChI=1S/C78H55FGeN4/c79-58-38-42-68(43-39-58)84-76-50-37-57(56-35-40-62(41-36-56)80(59-21-7-1-8-22-59,60-23-9-2-10-24-60)61-25-11-3-12-26-61)53-72(76)74-55-70(49-52-78(74)84)82(67-46-44-66(45-47-67)81(63-27-13-4-14-28-63)64-29-15-5-16-30-64)69-48-51-77-73(54-69)71-33-19-20-34-75(71)83(77)65-31-17-6-18-32-65/h1-55H. The van der Waals surface area contributed by atoms with Crippen LogP contribution < -0.4 is 27.4 Å². The van der Waals surface area contributed by atoms with Crippen LogP contribution >= 0.6 is 0 Å². The maximum absolute atomic E-state index is 14.8. The second kappa shape index (κ2) is 21.5. The molecule has 13 aromatic carbocycles. The van der Waals surface area contributed by atoms with E-state index in [2.05, 4.69) is 328 Å². The fourth-order valence-corrected chi connectivity index (χ4v) is 22.9. The Labute approximate surface area is 490 Å². The van der Waals surface area contributed by atoms with Crippen LogP contribution in [0.1, 0.15) is 0 Å². The van der Waals surface area contributed by atoms with Gasteiger partial charge in [0.05, 0.1) is 11.0 Å². The Morgan fingerprint density at radius 1 is 0.238 bits per heavy atom. The summed E-state index contributed by atoms with van der Waals surface area (Å²) < 4.78 is 24.9. The van der Waals surface area contributed by atoms with E-state index in [0.29, 0.717) is 0 Å². The summed E-state index contributed by atoms with van der Waals surface area (Å²) in [5.74, 6) is -0.270. The number of para-hydroxylation sites is 4. The molecule has 0 saturated carbocycles. The van der Waals surface area contributed by atoms with Crippen molar-refractivity contribution in [2.75, 3.05) is 9.80 Å². The van der Waals surface area contributed by atoms with E-state index in [4.69, 9.17) is 0 Å². The van der Waals surface area contributed by atoms with Crippen molar-refractivity contribution in [3.05, 3.63) is 339 Å². The fourth-order valence-electron chi connectivity index (χ4n) is 12.9. The molecule has 0 spiro atoms. The molecule has 0 unspecified atom stereocenters. The average Bonchev–Trinajstić information content (AvgIpc) is 2.44. The molecule has 0 N–H and O–H groups in total. The van der Waals surface area contributed by atoms with Crippen LogP contribution in [0.2, 0.25) is 0 Å². The van der Waals surface area contributed by atoms with Crippen molar-refractivity contribution in [2.24, 2.45) is 0 Å². The van der Waals surface area contributed by atoms with Crippen molar-refractivity contribution in [3.63, 3.8) is 0 Å². The predicted molar refractivity (Wildman–Crippen MR) is 353 cm³/mol. The molecule has 0 fully saturated rings. The minimum atomic E-state index is -3.50. The number of rotatable bonds is 13. The van der Waals surface area contributed by atoms with E-state index in [1.165, 1.54) is 23.0 Å². The molecule has 398 valence electrons. The third-order valence-corrected chi connectivity index (χ3v) is 26.8. The van der Waals surface area contributed by atoms with Crippen LogP contribution in [0, 0.1) is 5.82 Å². The summed E-state index contributed by atoms with van der Waals surface area (Å²) in [5, 5.41) is 4.52. The van der Waals surface area contributed by atoms with Crippen molar-refractivity contribution < 1.29 is 4.39 Å². The van der Waals surface area contributed by atoms with Crippen LogP contribution in [0.4, 0.5) is 38.5 Å². The fraction of sp³-hybridized carbons (Fsp3) is 0. The average molecular weight is 1140 g/mol. The van der Waals surface area contributed by atoms with Gasteiger partial charge in [-0.05, 0) is 84.9 Å². The molecule has 2 aromatic heterocycles. The Hall–Kier alpha value is -10.5. The van der Waals surface area contributed by atoms with Gasteiger partial charge < -0.3 is 9.47 Å². The Bertz CT molecular complexity index is 4670. The van der Waals surface area contributed by atoms with Gasteiger partial charge in [-0.1, -0.05) is 72.8 Å². The third kappa shape index (κ3) is 8.76. The molecule has 0 saturated heterocycles. The zero-order valence-corrected chi connectivity index (χ0v) is 48.0. The van der Waals surface area contributed by atoms with Crippen LogP contribution in [-0.2, 0) is 0 Å². The quantitative estimate of drug-likeness (QED) is 0.107. The zero-order valence-electron chi connectivity index (χ0n) is 45.9. The summed E-state index contributed by atoms with van der Waals surface area (Å²) in [5.41, 5.74) is 14.8. The van der Waals surface area contributed by atoms with Gasteiger partial charge >= 0.3 is 272 Å². The van der Waals surface area contributed by atoms with Crippen molar-refractivity contribution in [1.29, 1.82) is 0 Å². The number of aromatic nitrogens is 2. The summed E-state index contributed by atoms with van der Waals surface area (Å²) in [7, 11) is 0. The molecule has 4 nitrogen and oxygen atoms in total. The van der Waals surface area contributed by atoms with E-state index in [1.807, 2.05) is 12.1 Å². The van der Waals surface area contributed by atoms with E-state index in [0.717, 1.165) is 94.9 Å². The van der Waals surface area contributed by atoms with Gasteiger partial charge in [-0.2, -0.15) is 0 Å². The van der Waals surface area contributed by atoms with Gasteiger partial charge in [0.15, 0.2) is 0 Å². The summed E-state index contributed by atoms with van der Waals surface area (Å²) in [6.07, 6.45) is 0. The van der Waals surface area contributed by atoms with Crippen LogP contribution in [0.15, 0.2) is 334 Å². The summed E-state index contributed by atoms with van der Waals surface area (Å²) in [6, 6.07) is 120. The second-order valence-corrected chi connectivity index (χ2v) is 29.4. The molecule has 15 rings (SSSR count). The first-order chi connectivity index (χ1) is 41.6. The van der Waals surface area contributed by atoms with Crippen molar-refractivity contribution in [2.45, 2.75) is 0 Å². The number of hydrogen-bond acceptors (Lipinski definition) is 2. The molecule has 0 bridgehead atoms. The first-order valence-corrected chi connectivity index (χ1v) is 32.8. The molecule has 0 aliphatic carbocycles. The van der Waals surface area contributed by atoms with Crippen molar-refractivity contribution >= 4 is 109 Å². The number of nitrogens with zero attached hydrogens (tertiary/aromatic N) is 4. The third-order valence-electron chi connectivity index (χ3n) is 16.7. The molecule has 0 radical (unpaired) electrons. The molecule has 0 aliphatic rings. The van der Waals surface area contributed by atoms with Crippen LogP contribution in [-0.4, -0.2) is 22.4 Å². The molecule has 0 amide bonds. The molecule has 2 heterocycles. The van der Waals surface area contributed by atoms with E-state index >= 15 is 0 Å². The predicted octanol–water partition coefficient (Wildman–Crippen LogP) is 18.0. The first-order valence-electron chi connectivity index (χ1n) is 28.6. The summed E-state index contributed by atoms with van der Waals surface area (Å²) in [4.78, 5) is 4.69. The second-order valence-electron chi connectivity index (χ2n) is 21.4. The van der Waals surface area contributed by atoms with Gasteiger partial charge in [0.1, 0.15) is 5.82 Å². The van der Waals surface area contributed by atoms with E-state index in [9.17, 15) is 4.39 Å². The first kappa shape index (κ1) is 50.5. The molecule has 0 atom stereocenters. The number of benzene rings is 13. The monoisotopic (exact) mass is 1140 g/mol. The van der Waals surface area contributed by atoms with E-state index in [1.54, 1.807) is 12.1 Å². The van der Waals surface area contributed by atoms with Crippen LogP contribution in [0.5, 0.6) is 0 Å². The molecular weight excluding hydrogens is 1080 g/mol. The Morgan fingerprint density at radius 2 is 0.571 bits per heavy atom. The number of halogens is 1. The molecule has 84 heavy (non-hydrogen) atoms. The minimum absolute atomic E-state index is 0.270. The molecule has 6 heteroatoms. The van der Waals surface area contributed by atoms with Crippen molar-refractivity contribution in [3.8, 4) is 22.5 Å². The SMILES string of the molecule is Fc1ccc(-n2c3ccc(-c4cc[c]([Ge]([c]5ccccc5)([c]5ccccc5)[c]5ccccc5)cc4)cc3c3cc(N(c4ccc(N(c5ccccc5)c5ccccc5)cc4)c4ccc5c(c4)c4ccccc4n5-c4ccccc4)ccc32)cc1. The molecule has 15 aromatic rings. The Balaban J connectivity index is 0.914. The van der Waals surface area contributed by atoms with Gasteiger partial charge in [0, 0.05) is 33.5 Å². The number of anilines is 6. The summed E-state index contributed by atoms with van der Waals surface area (Å²) >= 11 is -3.50.